The summed E-state index contributed by atoms with van der Waals surface area (Å²) in [6.45, 7) is 0. The monoisotopic (exact) mass is 468 g/mol. The molecule has 6 nitrogen and oxygen atoms in total. The number of ether oxygens (including phenoxy) is 2. The molecule has 146 valence electrons. The molecule has 0 N–H and O–H groups in total. The van der Waals surface area contributed by atoms with E-state index in [1.807, 2.05) is 36.0 Å². The Labute approximate surface area is 179 Å². The SMILES string of the molecule is COc1ccc(OC)c(-c2cn3nc(-c4cn(C)c5ccc(Br)cc45)sc3n2)c1. The first-order valence-corrected chi connectivity index (χ1v) is 10.5. The second-order valence-electron chi connectivity index (χ2n) is 6.64. The van der Waals surface area contributed by atoms with Crippen molar-refractivity contribution in [1.82, 2.24) is 19.2 Å². The third-order valence-electron chi connectivity index (χ3n) is 4.91. The van der Waals surface area contributed by atoms with E-state index in [1.165, 1.54) is 0 Å². The van der Waals surface area contributed by atoms with E-state index in [4.69, 9.17) is 19.6 Å². The molecule has 0 saturated carbocycles. The Morgan fingerprint density at radius 2 is 1.86 bits per heavy atom. The lowest BCUT2D eigenvalue weighted by Crippen LogP contribution is -1.90. The number of benzene rings is 2. The van der Waals surface area contributed by atoms with Gasteiger partial charge in [0.2, 0.25) is 4.96 Å². The van der Waals surface area contributed by atoms with Gasteiger partial charge in [0.25, 0.3) is 0 Å². The molecule has 0 radical (unpaired) electrons. The number of fused-ring (bicyclic) bond motifs is 2. The van der Waals surface area contributed by atoms with E-state index in [-0.39, 0.29) is 0 Å². The summed E-state index contributed by atoms with van der Waals surface area (Å²) in [5.41, 5.74) is 3.93. The van der Waals surface area contributed by atoms with Gasteiger partial charge in [-0.1, -0.05) is 27.3 Å². The maximum absolute atomic E-state index is 5.50. The highest BCUT2D eigenvalue weighted by molar-refractivity contribution is 9.10. The minimum Gasteiger partial charge on any atom is -0.497 e. The second-order valence-corrected chi connectivity index (χ2v) is 8.51. The first kappa shape index (κ1) is 18.2. The Morgan fingerprint density at radius 3 is 2.62 bits per heavy atom. The van der Waals surface area contributed by atoms with Gasteiger partial charge in [-0.2, -0.15) is 5.10 Å². The standard InChI is InChI=1S/C21H17BrN4O2S/c1-25-10-16(14-8-12(22)4-6-18(14)25)20-24-26-11-17(23-21(26)29-20)15-9-13(27-2)5-7-19(15)28-3/h4-11H,1-3H3. The molecular weight excluding hydrogens is 452 g/mol. The molecule has 3 aromatic heterocycles. The van der Waals surface area contributed by atoms with Crippen molar-refractivity contribution in [2.45, 2.75) is 0 Å². The van der Waals surface area contributed by atoms with Crippen LogP contribution in [0.5, 0.6) is 11.5 Å². The first-order chi connectivity index (χ1) is 14.1. The summed E-state index contributed by atoms with van der Waals surface area (Å²) in [5, 5.41) is 6.88. The summed E-state index contributed by atoms with van der Waals surface area (Å²) in [7, 11) is 5.35. The van der Waals surface area contributed by atoms with E-state index >= 15 is 0 Å². The first-order valence-electron chi connectivity index (χ1n) is 8.91. The van der Waals surface area contributed by atoms with Crippen molar-refractivity contribution in [3.8, 4) is 33.3 Å². The van der Waals surface area contributed by atoms with Gasteiger partial charge in [-0.15, -0.1) is 0 Å². The minimum atomic E-state index is 0.746. The maximum Gasteiger partial charge on any atom is 0.213 e. The van der Waals surface area contributed by atoms with Crippen molar-refractivity contribution in [2.75, 3.05) is 14.2 Å². The molecule has 5 aromatic rings. The summed E-state index contributed by atoms with van der Waals surface area (Å²) in [4.78, 5) is 5.61. The molecule has 0 amide bonds. The van der Waals surface area contributed by atoms with E-state index in [2.05, 4.69) is 44.9 Å². The van der Waals surface area contributed by atoms with Crippen LogP contribution >= 0.6 is 27.3 Å². The van der Waals surface area contributed by atoms with Crippen LogP contribution in [0.15, 0.2) is 53.3 Å². The van der Waals surface area contributed by atoms with E-state index in [1.54, 1.807) is 25.6 Å². The van der Waals surface area contributed by atoms with Gasteiger partial charge in [0.15, 0.2) is 0 Å². The lowest BCUT2D eigenvalue weighted by atomic mass is 10.1. The van der Waals surface area contributed by atoms with Gasteiger partial charge in [-0.3, -0.25) is 0 Å². The largest absolute Gasteiger partial charge is 0.497 e. The molecule has 0 saturated heterocycles. The maximum atomic E-state index is 5.50. The Hall–Kier alpha value is -2.84. The van der Waals surface area contributed by atoms with Gasteiger partial charge in [-0.05, 0) is 36.4 Å². The summed E-state index contributed by atoms with van der Waals surface area (Å²) >= 11 is 5.13. The molecule has 8 heteroatoms. The third-order valence-corrected chi connectivity index (χ3v) is 6.36. The summed E-state index contributed by atoms with van der Waals surface area (Å²) in [6, 6.07) is 12.0. The summed E-state index contributed by atoms with van der Waals surface area (Å²) < 4.78 is 15.8. The van der Waals surface area contributed by atoms with E-state index in [0.717, 1.165) is 53.7 Å². The van der Waals surface area contributed by atoms with Crippen molar-refractivity contribution in [3.05, 3.63) is 53.3 Å². The predicted molar refractivity (Wildman–Crippen MR) is 119 cm³/mol. The molecule has 0 fully saturated rings. The quantitative estimate of drug-likeness (QED) is 0.354. The van der Waals surface area contributed by atoms with Crippen LogP contribution in [0.2, 0.25) is 0 Å². The molecule has 2 aromatic carbocycles. The number of rotatable bonds is 4. The average Bonchev–Trinajstić information content (AvgIpc) is 3.38. The topological polar surface area (TPSA) is 53.6 Å². The highest BCUT2D eigenvalue weighted by Crippen LogP contribution is 2.37. The molecular formula is C21H17BrN4O2S. The second kappa shape index (κ2) is 6.89. The Balaban J connectivity index is 1.62. The number of aromatic nitrogens is 4. The Morgan fingerprint density at radius 1 is 1.00 bits per heavy atom. The Bertz CT molecular complexity index is 1340. The normalized spacial score (nSPS) is 11.4. The van der Waals surface area contributed by atoms with Gasteiger partial charge in [0.05, 0.1) is 26.1 Å². The van der Waals surface area contributed by atoms with Crippen LogP contribution in [-0.4, -0.2) is 33.4 Å². The highest BCUT2D eigenvalue weighted by atomic mass is 79.9. The molecule has 0 aliphatic carbocycles. The lowest BCUT2D eigenvalue weighted by Gasteiger charge is -2.08. The number of methoxy groups -OCH3 is 2. The number of imidazole rings is 1. The molecule has 0 unspecified atom stereocenters. The molecule has 0 aliphatic heterocycles. The smallest absolute Gasteiger partial charge is 0.213 e. The number of hydrogen-bond donors (Lipinski definition) is 0. The van der Waals surface area contributed by atoms with Gasteiger partial charge in [-0.25, -0.2) is 9.50 Å². The van der Waals surface area contributed by atoms with E-state index in [0.29, 0.717) is 0 Å². The van der Waals surface area contributed by atoms with Crippen molar-refractivity contribution in [3.63, 3.8) is 0 Å². The van der Waals surface area contributed by atoms with Gasteiger partial charge in [0, 0.05) is 39.7 Å². The van der Waals surface area contributed by atoms with Crippen LogP contribution in [0.3, 0.4) is 0 Å². The summed E-state index contributed by atoms with van der Waals surface area (Å²) in [5.74, 6) is 1.50. The lowest BCUT2D eigenvalue weighted by molar-refractivity contribution is 0.404. The van der Waals surface area contributed by atoms with Crippen molar-refractivity contribution >= 4 is 43.1 Å². The fourth-order valence-corrected chi connectivity index (χ4v) is 4.75. The molecule has 0 spiro atoms. The molecule has 29 heavy (non-hydrogen) atoms. The number of hydrogen-bond acceptors (Lipinski definition) is 5. The zero-order valence-electron chi connectivity index (χ0n) is 16.0. The number of halogens is 1. The molecule has 5 rings (SSSR count). The third kappa shape index (κ3) is 2.99. The highest BCUT2D eigenvalue weighted by Gasteiger charge is 2.17. The summed E-state index contributed by atoms with van der Waals surface area (Å²) in [6.07, 6.45) is 4.04. The number of aryl methyl sites for hydroxylation is 1. The van der Waals surface area contributed by atoms with Crippen LogP contribution in [0, 0.1) is 0 Å². The van der Waals surface area contributed by atoms with Gasteiger partial charge in [0.1, 0.15) is 16.5 Å². The predicted octanol–water partition coefficient (Wildman–Crippen LogP) is 5.40. The van der Waals surface area contributed by atoms with Crippen LogP contribution < -0.4 is 9.47 Å². The van der Waals surface area contributed by atoms with Crippen LogP contribution in [-0.2, 0) is 7.05 Å². The molecule has 0 atom stereocenters. The van der Waals surface area contributed by atoms with Crippen LogP contribution in [0.25, 0.3) is 37.7 Å². The van der Waals surface area contributed by atoms with Crippen molar-refractivity contribution < 1.29 is 9.47 Å². The van der Waals surface area contributed by atoms with E-state index < -0.39 is 0 Å². The minimum absolute atomic E-state index is 0.746. The fraction of sp³-hybridized carbons (Fsp3) is 0.143. The fourth-order valence-electron chi connectivity index (χ4n) is 3.49. The van der Waals surface area contributed by atoms with Gasteiger partial charge < -0.3 is 14.0 Å². The van der Waals surface area contributed by atoms with Gasteiger partial charge >= 0.3 is 0 Å². The molecule has 3 heterocycles. The van der Waals surface area contributed by atoms with Crippen molar-refractivity contribution in [1.29, 1.82) is 0 Å². The average molecular weight is 469 g/mol. The zero-order valence-corrected chi connectivity index (χ0v) is 18.4. The van der Waals surface area contributed by atoms with Crippen LogP contribution in [0.1, 0.15) is 0 Å². The molecule has 0 aliphatic rings. The number of nitrogens with zero attached hydrogens (tertiary/aromatic N) is 4. The van der Waals surface area contributed by atoms with E-state index in [9.17, 15) is 0 Å². The molecule has 0 bridgehead atoms. The van der Waals surface area contributed by atoms with Crippen molar-refractivity contribution in [2.24, 2.45) is 7.05 Å². The Kier molecular flexibility index (Phi) is 4.33. The zero-order chi connectivity index (χ0) is 20.1. The van der Waals surface area contributed by atoms with Crippen LogP contribution in [0.4, 0.5) is 0 Å².